The molecule has 27 heavy (non-hydrogen) atoms. The highest BCUT2D eigenvalue weighted by Crippen LogP contribution is 2.65. The summed E-state index contributed by atoms with van der Waals surface area (Å²) in [6, 6.07) is 17.0. The number of benzene rings is 2. The third kappa shape index (κ3) is 1.87. The third-order valence-corrected chi connectivity index (χ3v) is 7.96. The molecule has 2 fully saturated rings. The summed E-state index contributed by atoms with van der Waals surface area (Å²) in [6.45, 7) is 0. The molecule has 1 saturated carbocycles. The molecule has 136 valence electrons. The molecular formula is C24H22O3. The van der Waals surface area contributed by atoms with E-state index in [1.807, 2.05) is 12.1 Å². The van der Waals surface area contributed by atoms with E-state index in [1.165, 1.54) is 22.3 Å². The lowest BCUT2D eigenvalue weighted by molar-refractivity contribution is -0.155. The Morgan fingerprint density at radius 3 is 1.52 bits per heavy atom. The van der Waals surface area contributed by atoms with Gasteiger partial charge in [-0.25, -0.2) is 0 Å². The highest BCUT2D eigenvalue weighted by molar-refractivity contribution is 6.03. The van der Waals surface area contributed by atoms with Crippen LogP contribution in [0.3, 0.4) is 0 Å². The molecule has 0 spiro atoms. The van der Waals surface area contributed by atoms with Crippen molar-refractivity contribution >= 4 is 11.9 Å². The normalized spacial score (nSPS) is 36.0. The van der Waals surface area contributed by atoms with Crippen molar-refractivity contribution in [2.45, 2.75) is 38.5 Å². The predicted molar refractivity (Wildman–Crippen MR) is 99.9 cm³/mol. The van der Waals surface area contributed by atoms with Gasteiger partial charge in [0.2, 0.25) is 0 Å². The van der Waals surface area contributed by atoms with Crippen molar-refractivity contribution in [3.8, 4) is 0 Å². The molecule has 6 rings (SSSR count). The van der Waals surface area contributed by atoms with Gasteiger partial charge in [-0.05, 0) is 72.6 Å². The van der Waals surface area contributed by atoms with Crippen LogP contribution in [0.1, 0.15) is 35.1 Å². The van der Waals surface area contributed by atoms with E-state index in [0.29, 0.717) is 24.7 Å². The summed E-state index contributed by atoms with van der Waals surface area (Å²) in [5, 5.41) is 0. The highest BCUT2D eigenvalue weighted by Gasteiger charge is 2.72. The molecule has 0 radical (unpaired) electrons. The smallest absolute Gasteiger partial charge is 0.321 e. The van der Waals surface area contributed by atoms with Gasteiger partial charge in [0, 0.05) is 0 Å². The average Bonchev–Trinajstić information content (AvgIpc) is 2.88. The molecule has 1 saturated heterocycles. The van der Waals surface area contributed by atoms with Gasteiger partial charge in [-0.3, -0.25) is 9.59 Å². The second kappa shape index (κ2) is 5.09. The SMILES string of the molecule is O=C1OC(=O)[C@]23Cc4ccccc4C[C@@]12C[C@H]1Cc2ccccc2C[C@H]1C3. The molecule has 0 bridgehead atoms. The molecule has 2 aromatic carbocycles. The van der Waals surface area contributed by atoms with Crippen LogP contribution in [-0.4, -0.2) is 11.9 Å². The number of carbonyl (C=O) groups is 2. The number of carbonyl (C=O) groups excluding carboxylic acids is 2. The van der Waals surface area contributed by atoms with E-state index in [0.717, 1.165) is 25.7 Å². The van der Waals surface area contributed by atoms with Crippen molar-refractivity contribution in [1.82, 2.24) is 0 Å². The Bertz CT molecular complexity index is 915. The van der Waals surface area contributed by atoms with E-state index in [-0.39, 0.29) is 11.9 Å². The van der Waals surface area contributed by atoms with Crippen LogP contribution in [0, 0.1) is 22.7 Å². The Balaban J connectivity index is 1.49. The standard InChI is InChI=1S/C24H22O3/c25-21-23-11-17-7-3-4-8-18(17)12-24(23,22(26)27-21)14-20-10-16-6-2-1-5-15(16)9-19(20)13-23/h1-8,19-20H,9-14H2/t19-,20+,23-,24-/m1/s1. The zero-order valence-corrected chi connectivity index (χ0v) is 15.2. The van der Waals surface area contributed by atoms with E-state index in [2.05, 4.69) is 36.4 Å². The maximum Gasteiger partial charge on any atom is 0.321 e. The first-order valence-corrected chi connectivity index (χ1v) is 10.0. The van der Waals surface area contributed by atoms with Crippen LogP contribution in [0.2, 0.25) is 0 Å². The molecule has 4 aliphatic rings. The summed E-state index contributed by atoms with van der Waals surface area (Å²) in [6.07, 6.45) is 4.90. The van der Waals surface area contributed by atoms with Gasteiger partial charge in [-0.15, -0.1) is 0 Å². The second-order valence-electron chi connectivity index (χ2n) is 9.07. The largest absolute Gasteiger partial charge is 0.392 e. The molecule has 0 aromatic heterocycles. The number of rotatable bonds is 0. The van der Waals surface area contributed by atoms with Crippen LogP contribution >= 0.6 is 0 Å². The van der Waals surface area contributed by atoms with Gasteiger partial charge in [0.25, 0.3) is 0 Å². The Morgan fingerprint density at radius 1 is 0.667 bits per heavy atom. The van der Waals surface area contributed by atoms with Crippen molar-refractivity contribution in [1.29, 1.82) is 0 Å². The quantitative estimate of drug-likeness (QED) is 0.533. The first-order chi connectivity index (χ1) is 13.1. The van der Waals surface area contributed by atoms with Gasteiger partial charge in [-0.1, -0.05) is 48.5 Å². The van der Waals surface area contributed by atoms with Crippen LogP contribution in [0.25, 0.3) is 0 Å². The van der Waals surface area contributed by atoms with Crippen LogP contribution in [0.5, 0.6) is 0 Å². The first-order valence-electron chi connectivity index (χ1n) is 10.0. The van der Waals surface area contributed by atoms with Gasteiger partial charge >= 0.3 is 11.9 Å². The van der Waals surface area contributed by atoms with E-state index in [1.54, 1.807) is 0 Å². The summed E-state index contributed by atoms with van der Waals surface area (Å²) in [5.41, 5.74) is 3.94. The van der Waals surface area contributed by atoms with E-state index < -0.39 is 10.8 Å². The van der Waals surface area contributed by atoms with Crippen LogP contribution in [0.15, 0.2) is 48.5 Å². The molecule has 2 aromatic rings. The first kappa shape index (κ1) is 15.6. The Morgan fingerprint density at radius 2 is 1.07 bits per heavy atom. The minimum atomic E-state index is -0.661. The van der Waals surface area contributed by atoms with Crippen LogP contribution in [-0.2, 0) is 40.0 Å². The molecule has 1 aliphatic heterocycles. The molecule has 0 amide bonds. The van der Waals surface area contributed by atoms with Gasteiger partial charge < -0.3 is 4.74 Å². The number of hydrogen-bond acceptors (Lipinski definition) is 3. The lowest BCUT2D eigenvalue weighted by Gasteiger charge is -2.54. The van der Waals surface area contributed by atoms with Crippen LogP contribution < -0.4 is 0 Å². The summed E-state index contributed by atoms with van der Waals surface area (Å²) in [4.78, 5) is 26.1. The number of esters is 2. The lowest BCUT2D eigenvalue weighted by atomic mass is 9.45. The van der Waals surface area contributed by atoms with Gasteiger partial charge in [-0.2, -0.15) is 0 Å². The summed E-state index contributed by atoms with van der Waals surface area (Å²) in [5.74, 6) is 0.382. The molecule has 3 heteroatoms. The molecule has 3 nitrogen and oxygen atoms in total. The summed E-state index contributed by atoms with van der Waals surface area (Å²) >= 11 is 0. The number of ether oxygens (including phenoxy) is 1. The Labute approximate surface area is 158 Å². The highest BCUT2D eigenvalue weighted by atomic mass is 16.6. The molecule has 4 atom stereocenters. The van der Waals surface area contributed by atoms with Crippen molar-refractivity contribution < 1.29 is 14.3 Å². The monoisotopic (exact) mass is 358 g/mol. The van der Waals surface area contributed by atoms with E-state index >= 15 is 0 Å². The lowest BCUT2D eigenvalue weighted by Crippen LogP contribution is -2.57. The zero-order valence-electron chi connectivity index (χ0n) is 15.2. The van der Waals surface area contributed by atoms with Gasteiger partial charge in [0.1, 0.15) is 0 Å². The Hall–Kier alpha value is -2.42. The van der Waals surface area contributed by atoms with E-state index in [9.17, 15) is 9.59 Å². The maximum atomic E-state index is 13.1. The van der Waals surface area contributed by atoms with E-state index in [4.69, 9.17) is 4.74 Å². The topological polar surface area (TPSA) is 43.4 Å². The number of fused-ring (bicyclic) bond motifs is 3. The molecule has 1 heterocycles. The second-order valence-corrected chi connectivity index (χ2v) is 9.07. The van der Waals surface area contributed by atoms with Crippen molar-refractivity contribution in [2.24, 2.45) is 22.7 Å². The molecular weight excluding hydrogens is 336 g/mol. The maximum absolute atomic E-state index is 13.1. The minimum Gasteiger partial charge on any atom is -0.392 e. The predicted octanol–water partition coefficient (Wildman–Crippen LogP) is 3.67. The van der Waals surface area contributed by atoms with Crippen molar-refractivity contribution in [2.75, 3.05) is 0 Å². The molecule has 0 N–H and O–H groups in total. The van der Waals surface area contributed by atoms with Crippen LogP contribution in [0.4, 0.5) is 0 Å². The Kier molecular flexibility index (Phi) is 2.95. The fourth-order valence-electron chi connectivity index (χ4n) is 6.63. The fourth-order valence-corrected chi connectivity index (χ4v) is 6.63. The zero-order chi connectivity index (χ0) is 18.2. The third-order valence-electron chi connectivity index (χ3n) is 7.96. The van der Waals surface area contributed by atoms with Gasteiger partial charge in [0.05, 0.1) is 10.8 Å². The van der Waals surface area contributed by atoms with Crippen molar-refractivity contribution in [3.63, 3.8) is 0 Å². The number of hydrogen-bond donors (Lipinski definition) is 0. The van der Waals surface area contributed by atoms with Gasteiger partial charge in [0.15, 0.2) is 0 Å². The molecule has 3 aliphatic carbocycles. The summed E-state index contributed by atoms with van der Waals surface area (Å²) in [7, 11) is 0. The van der Waals surface area contributed by atoms with Crippen molar-refractivity contribution in [3.05, 3.63) is 70.8 Å². The fraction of sp³-hybridized carbons (Fsp3) is 0.417. The number of cyclic esters (lactones) is 2. The minimum absolute atomic E-state index is 0.265. The summed E-state index contributed by atoms with van der Waals surface area (Å²) < 4.78 is 5.37. The molecule has 0 unspecified atom stereocenters. The average molecular weight is 358 g/mol.